The van der Waals surface area contributed by atoms with Gasteiger partial charge in [0, 0.05) is 11.4 Å². The van der Waals surface area contributed by atoms with E-state index < -0.39 is 5.97 Å². The van der Waals surface area contributed by atoms with Crippen LogP contribution in [0.1, 0.15) is 27.3 Å². The predicted molar refractivity (Wildman–Crippen MR) is 121 cm³/mol. The van der Waals surface area contributed by atoms with E-state index in [4.69, 9.17) is 4.74 Å². The maximum Gasteiger partial charge on any atom is 0.338 e. The molecule has 0 fully saturated rings. The van der Waals surface area contributed by atoms with E-state index in [2.05, 4.69) is 10.3 Å². The number of rotatable bonds is 5. The number of benzene rings is 3. The minimum absolute atomic E-state index is 0.351. The fourth-order valence-corrected chi connectivity index (χ4v) is 3.59. The van der Waals surface area contributed by atoms with Gasteiger partial charge in [0.05, 0.1) is 16.6 Å². The summed E-state index contributed by atoms with van der Waals surface area (Å²) in [5.41, 5.74) is 5.71. The molecule has 0 aliphatic heterocycles. The average Bonchev–Trinajstić information content (AvgIpc) is 3.09. The Kier molecular flexibility index (Phi) is 5.54. The van der Waals surface area contributed by atoms with Crippen LogP contribution >= 0.6 is 0 Å². The first-order valence-corrected chi connectivity index (χ1v) is 10.0. The molecule has 0 bridgehead atoms. The van der Waals surface area contributed by atoms with Crippen LogP contribution in [0, 0.1) is 20.8 Å². The normalized spacial score (nSPS) is 10.8. The van der Waals surface area contributed by atoms with E-state index >= 15 is 0 Å². The van der Waals surface area contributed by atoms with Crippen LogP contribution in [0.4, 0.5) is 5.69 Å². The number of carbonyl (C=O) groups excluding carboxylic acids is 2. The number of carbonyl (C=O) groups is 2. The van der Waals surface area contributed by atoms with Crippen molar-refractivity contribution in [2.45, 2.75) is 20.8 Å². The molecule has 0 radical (unpaired) electrons. The predicted octanol–water partition coefficient (Wildman–Crippen LogP) is 4.75. The van der Waals surface area contributed by atoms with E-state index in [9.17, 15) is 9.59 Å². The smallest absolute Gasteiger partial charge is 0.338 e. The lowest BCUT2D eigenvalue weighted by atomic mass is 10.1. The Morgan fingerprint density at radius 3 is 2.48 bits per heavy atom. The van der Waals surface area contributed by atoms with Crippen molar-refractivity contribution < 1.29 is 14.3 Å². The van der Waals surface area contributed by atoms with Gasteiger partial charge in [0.25, 0.3) is 5.91 Å². The zero-order valence-corrected chi connectivity index (χ0v) is 17.7. The molecule has 31 heavy (non-hydrogen) atoms. The van der Waals surface area contributed by atoms with Gasteiger partial charge in [0.1, 0.15) is 5.82 Å². The number of esters is 1. The second-order valence-electron chi connectivity index (χ2n) is 7.48. The molecule has 6 heteroatoms. The molecule has 156 valence electrons. The largest absolute Gasteiger partial charge is 0.452 e. The van der Waals surface area contributed by atoms with Gasteiger partial charge >= 0.3 is 5.97 Å². The molecule has 0 saturated carbocycles. The molecule has 4 aromatic rings. The summed E-state index contributed by atoms with van der Waals surface area (Å²) in [6, 6.07) is 20.9. The fraction of sp³-hybridized carbons (Fsp3) is 0.160. The number of anilines is 1. The lowest BCUT2D eigenvalue weighted by Gasteiger charge is -2.10. The number of hydrogen-bond acceptors (Lipinski definition) is 4. The Hall–Kier alpha value is -3.93. The molecule has 0 atom stereocenters. The Balaban J connectivity index is 1.46. The van der Waals surface area contributed by atoms with Crippen molar-refractivity contribution in [1.82, 2.24) is 9.55 Å². The lowest BCUT2D eigenvalue weighted by molar-refractivity contribution is -0.119. The SMILES string of the molecule is Cc1ccc(NC(=O)COC(=O)c2ccc3c(c2)nc(C)n3-c2ccccc2)c(C)c1. The number of hydrogen-bond donors (Lipinski definition) is 1. The van der Waals surface area contributed by atoms with Gasteiger partial charge in [0.2, 0.25) is 0 Å². The Labute approximate surface area is 180 Å². The first kappa shape index (κ1) is 20.3. The number of aromatic nitrogens is 2. The Morgan fingerprint density at radius 1 is 0.968 bits per heavy atom. The van der Waals surface area contributed by atoms with Gasteiger partial charge in [0.15, 0.2) is 6.61 Å². The third-order valence-corrected chi connectivity index (χ3v) is 5.06. The van der Waals surface area contributed by atoms with Gasteiger partial charge in [-0.1, -0.05) is 35.9 Å². The minimum atomic E-state index is -0.565. The zero-order chi connectivity index (χ0) is 22.0. The molecule has 0 spiro atoms. The zero-order valence-electron chi connectivity index (χ0n) is 17.7. The van der Waals surface area contributed by atoms with Gasteiger partial charge in [-0.3, -0.25) is 9.36 Å². The summed E-state index contributed by atoms with van der Waals surface area (Å²) in [7, 11) is 0. The van der Waals surface area contributed by atoms with Crippen LogP contribution in [0.15, 0.2) is 66.7 Å². The van der Waals surface area contributed by atoms with E-state index in [1.807, 2.05) is 79.9 Å². The highest BCUT2D eigenvalue weighted by Gasteiger charge is 2.15. The molecule has 3 aromatic carbocycles. The monoisotopic (exact) mass is 413 g/mol. The second-order valence-corrected chi connectivity index (χ2v) is 7.48. The van der Waals surface area contributed by atoms with Crippen LogP contribution < -0.4 is 5.32 Å². The van der Waals surface area contributed by atoms with E-state index in [1.54, 1.807) is 12.1 Å². The molecule has 0 unspecified atom stereocenters. The van der Waals surface area contributed by atoms with Crippen molar-refractivity contribution >= 4 is 28.6 Å². The lowest BCUT2D eigenvalue weighted by Crippen LogP contribution is -2.21. The highest BCUT2D eigenvalue weighted by molar-refractivity contribution is 5.97. The van der Waals surface area contributed by atoms with Crippen molar-refractivity contribution in [1.29, 1.82) is 0 Å². The van der Waals surface area contributed by atoms with Gasteiger partial charge < -0.3 is 10.1 Å². The number of nitrogens with zero attached hydrogens (tertiary/aromatic N) is 2. The summed E-state index contributed by atoms with van der Waals surface area (Å²) in [6.07, 6.45) is 0. The van der Waals surface area contributed by atoms with E-state index in [0.29, 0.717) is 16.8 Å². The van der Waals surface area contributed by atoms with Crippen LogP contribution in [0.25, 0.3) is 16.7 Å². The fourth-order valence-electron chi connectivity index (χ4n) is 3.59. The first-order chi connectivity index (χ1) is 14.9. The molecule has 4 rings (SSSR count). The topological polar surface area (TPSA) is 73.2 Å². The summed E-state index contributed by atoms with van der Waals surface area (Å²) in [6.45, 7) is 5.46. The maximum absolute atomic E-state index is 12.5. The molecular weight excluding hydrogens is 390 g/mol. The van der Waals surface area contributed by atoms with Gasteiger partial charge in [-0.05, 0) is 62.7 Å². The highest BCUT2D eigenvalue weighted by Crippen LogP contribution is 2.22. The summed E-state index contributed by atoms with van der Waals surface area (Å²) in [4.78, 5) is 29.3. The first-order valence-electron chi connectivity index (χ1n) is 10.0. The summed E-state index contributed by atoms with van der Waals surface area (Å²) < 4.78 is 7.24. The van der Waals surface area contributed by atoms with Crippen LogP contribution in [0.2, 0.25) is 0 Å². The second kappa shape index (κ2) is 8.44. The number of fused-ring (bicyclic) bond motifs is 1. The summed E-state index contributed by atoms with van der Waals surface area (Å²) >= 11 is 0. The van der Waals surface area contributed by atoms with Crippen LogP contribution in [0.3, 0.4) is 0 Å². The number of para-hydroxylation sites is 1. The summed E-state index contributed by atoms with van der Waals surface area (Å²) in [5.74, 6) is -0.130. The molecule has 0 aliphatic carbocycles. The minimum Gasteiger partial charge on any atom is -0.452 e. The molecule has 0 aliphatic rings. The number of imidazole rings is 1. The van der Waals surface area contributed by atoms with Crippen LogP contribution in [-0.4, -0.2) is 28.0 Å². The van der Waals surface area contributed by atoms with Crippen molar-refractivity contribution in [3.63, 3.8) is 0 Å². The Bertz CT molecular complexity index is 1280. The van der Waals surface area contributed by atoms with Gasteiger partial charge in [-0.2, -0.15) is 0 Å². The maximum atomic E-state index is 12.5. The Morgan fingerprint density at radius 2 is 1.74 bits per heavy atom. The molecule has 1 heterocycles. The van der Waals surface area contributed by atoms with Crippen LogP contribution in [0.5, 0.6) is 0 Å². The number of nitrogens with one attached hydrogen (secondary N) is 1. The van der Waals surface area contributed by atoms with E-state index in [-0.39, 0.29) is 12.5 Å². The van der Waals surface area contributed by atoms with Gasteiger partial charge in [-0.15, -0.1) is 0 Å². The third-order valence-electron chi connectivity index (χ3n) is 5.06. The third kappa shape index (κ3) is 4.33. The number of amides is 1. The number of ether oxygens (including phenoxy) is 1. The van der Waals surface area contributed by atoms with E-state index in [0.717, 1.165) is 28.2 Å². The molecule has 6 nitrogen and oxygen atoms in total. The van der Waals surface area contributed by atoms with Crippen molar-refractivity contribution in [3.05, 3.63) is 89.2 Å². The molecular formula is C25H23N3O3. The van der Waals surface area contributed by atoms with Crippen molar-refractivity contribution in [2.75, 3.05) is 11.9 Å². The molecule has 1 amide bonds. The standard InChI is InChI=1S/C25H23N3O3/c1-16-9-11-21(17(2)13-16)27-24(29)15-31-25(30)19-10-12-23-22(14-19)26-18(3)28(23)20-7-5-4-6-8-20/h4-14H,15H2,1-3H3,(H,27,29). The van der Waals surface area contributed by atoms with Crippen LogP contribution in [-0.2, 0) is 9.53 Å². The molecule has 1 aromatic heterocycles. The van der Waals surface area contributed by atoms with Crippen molar-refractivity contribution in [3.8, 4) is 5.69 Å². The molecule has 0 saturated heterocycles. The van der Waals surface area contributed by atoms with Crippen molar-refractivity contribution in [2.24, 2.45) is 0 Å². The van der Waals surface area contributed by atoms with Gasteiger partial charge in [-0.25, -0.2) is 9.78 Å². The quantitative estimate of drug-likeness (QED) is 0.480. The highest BCUT2D eigenvalue weighted by atomic mass is 16.5. The average molecular weight is 413 g/mol. The van der Waals surface area contributed by atoms with E-state index in [1.165, 1.54) is 0 Å². The number of aryl methyl sites for hydroxylation is 3. The summed E-state index contributed by atoms with van der Waals surface area (Å²) in [5, 5.41) is 2.77. The molecule has 1 N–H and O–H groups in total.